The molecule has 0 aromatic carbocycles. The van der Waals surface area contributed by atoms with Crippen LogP contribution in [0.25, 0.3) is 0 Å². The van der Waals surface area contributed by atoms with Crippen LogP contribution in [0.4, 0.5) is 0 Å². The third-order valence-electron chi connectivity index (χ3n) is 3.89. The molecule has 1 saturated heterocycles. The van der Waals surface area contributed by atoms with E-state index < -0.39 is 0 Å². The van der Waals surface area contributed by atoms with E-state index in [-0.39, 0.29) is 12.0 Å². The number of nitrogens with zero attached hydrogens (tertiary/aromatic N) is 1. The standard InChI is InChI=1S/C16H32N2O2/c1-4-8-20-15-6-5-7-18(12-15)16(19)10-14(11-17)9-13(2)3/h13-15H,4-12,17H2,1-3H3/t14-,15?/m0/s1. The second kappa shape index (κ2) is 9.35. The molecule has 2 atom stereocenters. The Balaban J connectivity index is 2.41. The average Bonchev–Trinajstić information content (AvgIpc) is 2.44. The Kier molecular flexibility index (Phi) is 8.15. The summed E-state index contributed by atoms with van der Waals surface area (Å²) in [7, 11) is 0. The Morgan fingerprint density at radius 2 is 2.20 bits per heavy atom. The summed E-state index contributed by atoms with van der Waals surface area (Å²) in [5.41, 5.74) is 5.80. The fourth-order valence-electron chi connectivity index (χ4n) is 2.89. The minimum Gasteiger partial charge on any atom is -0.376 e. The number of hydrogen-bond donors (Lipinski definition) is 1. The van der Waals surface area contributed by atoms with Crippen LogP contribution in [0.1, 0.15) is 52.9 Å². The van der Waals surface area contributed by atoms with E-state index in [1.165, 1.54) is 0 Å². The molecule has 4 heteroatoms. The molecule has 1 aliphatic heterocycles. The topological polar surface area (TPSA) is 55.6 Å². The molecule has 4 nitrogen and oxygen atoms in total. The Hall–Kier alpha value is -0.610. The van der Waals surface area contributed by atoms with Gasteiger partial charge in [0, 0.05) is 26.1 Å². The van der Waals surface area contributed by atoms with Gasteiger partial charge in [0.2, 0.25) is 5.91 Å². The number of likely N-dealkylation sites (tertiary alicyclic amines) is 1. The van der Waals surface area contributed by atoms with Crippen molar-refractivity contribution < 1.29 is 9.53 Å². The molecule has 1 amide bonds. The molecule has 1 unspecified atom stereocenters. The Bertz CT molecular complexity index is 282. The first-order valence-corrected chi connectivity index (χ1v) is 8.16. The summed E-state index contributed by atoms with van der Waals surface area (Å²) in [4.78, 5) is 14.4. The maximum absolute atomic E-state index is 12.4. The van der Waals surface area contributed by atoms with E-state index in [0.29, 0.717) is 24.8 Å². The van der Waals surface area contributed by atoms with Gasteiger partial charge in [-0.05, 0) is 44.1 Å². The van der Waals surface area contributed by atoms with Crippen LogP contribution in [0.15, 0.2) is 0 Å². The molecule has 0 aliphatic carbocycles. The third-order valence-corrected chi connectivity index (χ3v) is 3.89. The first-order valence-electron chi connectivity index (χ1n) is 8.16. The van der Waals surface area contributed by atoms with Crippen LogP contribution in [0, 0.1) is 11.8 Å². The number of rotatable bonds is 8. The molecule has 2 N–H and O–H groups in total. The van der Waals surface area contributed by atoms with Gasteiger partial charge < -0.3 is 15.4 Å². The minimum atomic E-state index is 0.231. The maximum Gasteiger partial charge on any atom is 0.222 e. The van der Waals surface area contributed by atoms with E-state index in [2.05, 4.69) is 20.8 Å². The number of nitrogens with two attached hydrogens (primary N) is 1. The van der Waals surface area contributed by atoms with Crippen LogP contribution in [0.3, 0.4) is 0 Å². The van der Waals surface area contributed by atoms with E-state index in [0.717, 1.165) is 45.4 Å². The van der Waals surface area contributed by atoms with Crippen molar-refractivity contribution in [3.05, 3.63) is 0 Å². The summed E-state index contributed by atoms with van der Waals surface area (Å²) in [6.45, 7) is 9.52. The molecule has 1 rings (SSSR count). The molecule has 20 heavy (non-hydrogen) atoms. The Labute approximate surface area is 124 Å². The van der Waals surface area contributed by atoms with Gasteiger partial charge in [0.25, 0.3) is 0 Å². The Morgan fingerprint density at radius 1 is 1.45 bits per heavy atom. The molecule has 0 spiro atoms. The number of piperidine rings is 1. The lowest BCUT2D eigenvalue weighted by Gasteiger charge is -2.33. The lowest BCUT2D eigenvalue weighted by atomic mass is 9.93. The summed E-state index contributed by atoms with van der Waals surface area (Å²) >= 11 is 0. The number of hydrogen-bond acceptors (Lipinski definition) is 3. The summed E-state index contributed by atoms with van der Waals surface area (Å²) in [5, 5.41) is 0. The zero-order valence-electron chi connectivity index (χ0n) is 13.4. The normalized spacial score (nSPS) is 21.2. The number of carbonyl (C=O) groups is 1. The van der Waals surface area contributed by atoms with Gasteiger partial charge in [0.1, 0.15) is 0 Å². The van der Waals surface area contributed by atoms with Crippen molar-refractivity contribution in [1.29, 1.82) is 0 Å². The van der Waals surface area contributed by atoms with E-state index >= 15 is 0 Å². The van der Waals surface area contributed by atoms with Crippen molar-refractivity contribution in [2.75, 3.05) is 26.2 Å². The van der Waals surface area contributed by atoms with E-state index in [9.17, 15) is 4.79 Å². The van der Waals surface area contributed by atoms with Gasteiger partial charge >= 0.3 is 0 Å². The molecular weight excluding hydrogens is 252 g/mol. The lowest BCUT2D eigenvalue weighted by Crippen LogP contribution is -2.44. The van der Waals surface area contributed by atoms with Crippen LogP contribution >= 0.6 is 0 Å². The number of amides is 1. The first kappa shape index (κ1) is 17.4. The highest BCUT2D eigenvalue weighted by Crippen LogP contribution is 2.19. The number of ether oxygens (including phenoxy) is 1. The van der Waals surface area contributed by atoms with E-state index in [1.807, 2.05) is 4.90 Å². The second-order valence-corrected chi connectivity index (χ2v) is 6.41. The largest absolute Gasteiger partial charge is 0.376 e. The molecule has 1 aliphatic rings. The van der Waals surface area contributed by atoms with Crippen molar-refractivity contribution in [2.45, 2.75) is 59.0 Å². The lowest BCUT2D eigenvalue weighted by molar-refractivity contribution is -0.136. The third kappa shape index (κ3) is 6.23. The molecule has 1 fully saturated rings. The van der Waals surface area contributed by atoms with Crippen molar-refractivity contribution in [1.82, 2.24) is 4.90 Å². The van der Waals surface area contributed by atoms with E-state index in [4.69, 9.17) is 10.5 Å². The number of carbonyl (C=O) groups excluding carboxylic acids is 1. The quantitative estimate of drug-likeness (QED) is 0.744. The smallest absolute Gasteiger partial charge is 0.222 e. The highest BCUT2D eigenvalue weighted by Gasteiger charge is 2.25. The van der Waals surface area contributed by atoms with Crippen molar-refractivity contribution in [3.8, 4) is 0 Å². The average molecular weight is 284 g/mol. The maximum atomic E-state index is 12.4. The van der Waals surface area contributed by atoms with Gasteiger partial charge in [-0.1, -0.05) is 20.8 Å². The van der Waals surface area contributed by atoms with Crippen molar-refractivity contribution in [2.24, 2.45) is 17.6 Å². The van der Waals surface area contributed by atoms with Gasteiger partial charge in [-0.15, -0.1) is 0 Å². The molecular formula is C16H32N2O2. The summed E-state index contributed by atoms with van der Waals surface area (Å²) in [6.07, 6.45) is 5.03. The van der Waals surface area contributed by atoms with Crippen molar-refractivity contribution in [3.63, 3.8) is 0 Å². The van der Waals surface area contributed by atoms with Gasteiger partial charge in [-0.3, -0.25) is 4.79 Å². The fraction of sp³-hybridized carbons (Fsp3) is 0.938. The fourth-order valence-corrected chi connectivity index (χ4v) is 2.89. The van der Waals surface area contributed by atoms with E-state index in [1.54, 1.807) is 0 Å². The zero-order valence-corrected chi connectivity index (χ0v) is 13.4. The molecule has 0 aromatic rings. The van der Waals surface area contributed by atoms with Crippen LogP contribution in [-0.2, 0) is 9.53 Å². The summed E-state index contributed by atoms with van der Waals surface area (Å²) in [6, 6.07) is 0. The predicted molar refractivity (Wildman–Crippen MR) is 82.5 cm³/mol. The molecule has 118 valence electrons. The molecule has 0 bridgehead atoms. The molecule has 0 radical (unpaired) electrons. The van der Waals surface area contributed by atoms with Gasteiger partial charge in [-0.25, -0.2) is 0 Å². The van der Waals surface area contributed by atoms with Crippen LogP contribution in [0.5, 0.6) is 0 Å². The highest BCUT2D eigenvalue weighted by atomic mass is 16.5. The highest BCUT2D eigenvalue weighted by molar-refractivity contribution is 5.76. The van der Waals surface area contributed by atoms with Gasteiger partial charge in [0.05, 0.1) is 6.10 Å². The van der Waals surface area contributed by atoms with Crippen LogP contribution < -0.4 is 5.73 Å². The molecule has 0 saturated carbocycles. The molecule has 0 aromatic heterocycles. The monoisotopic (exact) mass is 284 g/mol. The predicted octanol–water partition coefficient (Wildman–Crippen LogP) is 2.42. The summed E-state index contributed by atoms with van der Waals surface area (Å²) < 4.78 is 5.79. The van der Waals surface area contributed by atoms with Crippen LogP contribution in [0.2, 0.25) is 0 Å². The van der Waals surface area contributed by atoms with Gasteiger partial charge in [0.15, 0.2) is 0 Å². The Morgan fingerprint density at radius 3 is 2.80 bits per heavy atom. The first-order chi connectivity index (χ1) is 9.56. The summed E-state index contributed by atoms with van der Waals surface area (Å²) in [5.74, 6) is 1.17. The van der Waals surface area contributed by atoms with Crippen LogP contribution in [-0.4, -0.2) is 43.2 Å². The SMILES string of the molecule is CCCOC1CCCN(C(=O)C[C@@H](CN)CC(C)C)C1. The minimum absolute atomic E-state index is 0.231. The van der Waals surface area contributed by atoms with Crippen molar-refractivity contribution >= 4 is 5.91 Å². The van der Waals surface area contributed by atoms with Gasteiger partial charge in [-0.2, -0.15) is 0 Å². The zero-order chi connectivity index (χ0) is 15.0. The molecule has 1 heterocycles. The second-order valence-electron chi connectivity index (χ2n) is 6.41.